The summed E-state index contributed by atoms with van der Waals surface area (Å²) in [5, 5.41) is 1.11. The van der Waals surface area contributed by atoms with Gasteiger partial charge in [-0.15, -0.1) is 0 Å². The van der Waals surface area contributed by atoms with E-state index in [-0.39, 0.29) is 0 Å². The minimum atomic E-state index is 0.727. The number of aromatic nitrogens is 2. The molecule has 26 heavy (non-hydrogen) atoms. The fraction of sp³-hybridized carbons (Fsp3) is 0.0909. The molecule has 0 N–H and O–H groups in total. The number of pyridine rings is 2. The number of methoxy groups -OCH3 is 2. The molecule has 4 aromatic rings. The average molecular weight is 342 g/mol. The van der Waals surface area contributed by atoms with Crippen LogP contribution in [0.3, 0.4) is 0 Å². The normalized spacial score (nSPS) is 10.7. The maximum absolute atomic E-state index is 5.27. The quantitative estimate of drug-likeness (QED) is 0.524. The van der Waals surface area contributed by atoms with E-state index in [1.165, 1.54) is 0 Å². The van der Waals surface area contributed by atoms with Crippen LogP contribution in [0.1, 0.15) is 0 Å². The number of nitrogens with zero attached hydrogens (tertiary/aromatic N) is 2. The van der Waals surface area contributed by atoms with Crippen LogP contribution in [0.5, 0.6) is 11.5 Å². The Morgan fingerprint density at radius 3 is 2.15 bits per heavy atom. The number of benzene rings is 2. The van der Waals surface area contributed by atoms with Crippen LogP contribution in [-0.4, -0.2) is 24.2 Å². The van der Waals surface area contributed by atoms with Gasteiger partial charge in [0, 0.05) is 5.39 Å². The van der Waals surface area contributed by atoms with Gasteiger partial charge in [-0.2, -0.15) is 0 Å². The second-order valence-corrected chi connectivity index (χ2v) is 5.88. The van der Waals surface area contributed by atoms with Gasteiger partial charge in [0.05, 0.1) is 37.3 Å². The highest BCUT2D eigenvalue weighted by molar-refractivity contribution is 5.96. The zero-order valence-corrected chi connectivity index (χ0v) is 14.6. The van der Waals surface area contributed by atoms with E-state index in [2.05, 4.69) is 29.2 Å². The molecular weight excluding hydrogens is 324 g/mol. The summed E-state index contributed by atoms with van der Waals surface area (Å²) in [6.07, 6.45) is 1.71. The third-order valence-electron chi connectivity index (χ3n) is 4.35. The lowest BCUT2D eigenvalue weighted by Crippen LogP contribution is -1.92. The third-order valence-corrected chi connectivity index (χ3v) is 4.35. The topological polar surface area (TPSA) is 44.2 Å². The number of ether oxygens (including phenoxy) is 2. The maximum Gasteiger partial charge on any atom is 0.137 e. The molecule has 4 nitrogen and oxygen atoms in total. The minimum absolute atomic E-state index is 0.727. The summed E-state index contributed by atoms with van der Waals surface area (Å²) < 4.78 is 10.5. The molecule has 0 saturated carbocycles. The van der Waals surface area contributed by atoms with Crippen LogP contribution in [0, 0.1) is 0 Å². The van der Waals surface area contributed by atoms with E-state index in [4.69, 9.17) is 14.5 Å². The van der Waals surface area contributed by atoms with E-state index in [0.717, 1.165) is 44.9 Å². The van der Waals surface area contributed by atoms with Gasteiger partial charge in [-0.3, -0.25) is 4.98 Å². The van der Waals surface area contributed by atoms with Crippen molar-refractivity contribution >= 4 is 10.9 Å². The first-order chi connectivity index (χ1) is 12.8. The fourth-order valence-electron chi connectivity index (χ4n) is 2.97. The Hall–Kier alpha value is -3.40. The number of fused-ring (bicyclic) bond motifs is 1. The van der Waals surface area contributed by atoms with Crippen LogP contribution in [0.25, 0.3) is 33.4 Å². The first kappa shape index (κ1) is 16.1. The SMILES string of the molecule is COc1ccc(-c2cc(-c3ccc(OC)cn3)nc3ccccc23)cc1. The van der Waals surface area contributed by atoms with Gasteiger partial charge in [0.2, 0.25) is 0 Å². The van der Waals surface area contributed by atoms with Gasteiger partial charge >= 0.3 is 0 Å². The molecule has 0 bridgehead atoms. The molecule has 0 spiro atoms. The fourth-order valence-corrected chi connectivity index (χ4v) is 2.97. The summed E-state index contributed by atoms with van der Waals surface area (Å²) in [6.45, 7) is 0. The van der Waals surface area contributed by atoms with E-state index >= 15 is 0 Å². The van der Waals surface area contributed by atoms with Gasteiger partial charge < -0.3 is 9.47 Å². The summed E-state index contributed by atoms with van der Waals surface area (Å²) in [4.78, 5) is 9.27. The summed E-state index contributed by atoms with van der Waals surface area (Å²) in [5.74, 6) is 1.56. The maximum atomic E-state index is 5.27. The predicted molar refractivity (Wildman–Crippen MR) is 104 cm³/mol. The van der Waals surface area contributed by atoms with E-state index in [1.807, 2.05) is 42.5 Å². The molecule has 4 rings (SSSR count). The summed E-state index contributed by atoms with van der Waals surface area (Å²) >= 11 is 0. The van der Waals surface area contributed by atoms with Gasteiger partial charge in [0.15, 0.2) is 0 Å². The third kappa shape index (κ3) is 2.97. The van der Waals surface area contributed by atoms with Crippen molar-refractivity contribution in [3.05, 3.63) is 72.9 Å². The van der Waals surface area contributed by atoms with Crippen molar-refractivity contribution < 1.29 is 9.47 Å². The number of hydrogen-bond donors (Lipinski definition) is 0. The van der Waals surface area contributed by atoms with Crippen LogP contribution < -0.4 is 9.47 Å². The van der Waals surface area contributed by atoms with E-state index in [0.29, 0.717) is 0 Å². The molecule has 0 amide bonds. The average Bonchev–Trinajstić information content (AvgIpc) is 2.73. The van der Waals surface area contributed by atoms with E-state index in [1.54, 1.807) is 20.4 Å². The van der Waals surface area contributed by atoms with Crippen LogP contribution in [0.4, 0.5) is 0 Å². The zero-order chi connectivity index (χ0) is 17.9. The predicted octanol–water partition coefficient (Wildman–Crippen LogP) is 4.98. The van der Waals surface area contributed by atoms with Gasteiger partial charge in [-0.05, 0) is 47.5 Å². The number of hydrogen-bond acceptors (Lipinski definition) is 4. The first-order valence-corrected chi connectivity index (χ1v) is 8.33. The van der Waals surface area contributed by atoms with Crippen molar-refractivity contribution in [1.29, 1.82) is 0 Å². The number of rotatable bonds is 4. The Balaban J connectivity index is 1.89. The van der Waals surface area contributed by atoms with E-state index in [9.17, 15) is 0 Å². The highest BCUT2D eigenvalue weighted by Gasteiger charge is 2.10. The molecule has 4 heteroatoms. The molecule has 2 aromatic carbocycles. The summed E-state index contributed by atoms with van der Waals surface area (Å²) in [5.41, 5.74) is 4.81. The lowest BCUT2D eigenvalue weighted by atomic mass is 9.99. The van der Waals surface area contributed by atoms with Gasteiger partial charge in [-0.1, -0.05) is 30.3 Å². The second kappa shape index (κ2) is 6.84. The highest BCUT2D eigenvalue weighted by atomic mass is 16.5. The van der Waals surface area contributed by atoms with Crippen LogP contribution in [0.15, 0.2) is 72.9 Å². The van der Waals surface area contributed by atoms with Crippen molar-refractivity contribution in [1.82, 2.24) is 9.97 Å². The monoisotopic (exact) mass is 342 g/mol. The molecule has 0 aliphatic rings. The smallest absolute Gasteiger partial charge is 0.137 e. The minimum Gasteiger partial charge on any atom is -0.497 e. The lowest BCUT2D eigenvalue weighted by Gasteiger charge is -2.11. The Bertz CT molecular complexity index is 1040. The van der Waals surface area contributed by atoms with Crippen molar-refractivity contribution in [3.63, 3.8) is 0 Å². The van der Waals surface area contributed by atoms with E-state index < -0.39 is 0 Å². The van der Waals surface area contributed by atoms with Crippen molar-refractivity contribution in [2.24, 2.45) is 0 Å². The molecular formula is C22H18N2O2. The van der Waals surface area contributed by atoms with Gasteiger partial charge in [0.25, 0.3) is 0 Å². The van der Waals surface area contributed by atoms with Crippen molar-refractivity contribution in [3.8, 4) is 34.0 Å². The molecule has 0 saturated heterocycles. The summed E-state index contributed by atoms with van der Waals surface area (Å²) in [7, 11) is 3.30. The second-order valence-electron chi connectivity index (χ2n) is 5.88. The van der Waals surface area contributed by atoms with Crippen molar-refractivity contribution in [2.75, 3.05) is 14.2 Å². The first-order valence-electron chi connectivity index (χ1n) is 8.33. The lowest BCUT2D eigenvalue weighted by molar-refractivity contribution is 0.413. The molecule has 0 aliphatic heterocycles. The number of para-hydroxylation sites is 1. The van der Waals surface area contributed by atoms with Crippen LogP contribution in [-0.2, 0) is 0 Å². The highest BCUT2D eigenvalue weighted by Crippen LogP contribution is 2.32. The van der Waals surface area contributed by atoms with Crippen LogP contribution in [0.2, 0.25) is 0 Å². The molecule has 0 aliphatic carbocycles. The Morgan fingerprint density at radius 1 is 0.731 bits per heavy atom. The molecule has 2 heterocycles. The summed E-state index contributed by atoms with van der Waals surface area (Å²) in [6, 6.07) is 22.1. The largest absolute Gasteiger partial charge is 0.497 e. The molecule has 128 valence electrons. The van der Waals surface area contributed by atoms with Crippen molar-refractivity contribution in [2.45, 2.75) is 0 Å². The molecule has 0 radical (unpaired) electrons. The molecule has 0 fully saturated rings. The van der Waals surface area contributed by atoms with Gasteiger partial charge in [-0.25, -0.2) is 4.98 Å². The molecule has 0 unspecified atom stereocenters. The molecule has 0 atom stereocenters. The van der Waals surface area contributed by atoms with Crippen LogP contribution >= 0.6 is 0 Å². The Morgan fingerprint density at radius 2 is 1.46 bits per heavy atom. The zero-order valence-electron chi connectivity index (χ0n) is 14.6. The Kier molecular flexibility index (Phi) is 4.23. The van der Waals surface area contributed by atoms with Gasteiger partial charge in [0.1, 0.15) is 11.5 Å². The standard InChI is InChI=1S/C22H18N2O2/c1-25-16-9-7-15(8-10-16)19-13-22(21-12-11-17(26-2)14-23-21)24-20-6-4-3-5-18(19)20/h3-14H,1-2H3. The molecule has 2 aromatic heterocycles. The Labute approximate surface area is 152 Å².